The highest BCUT2D eigenvalue weighted by atomic mass is 16.6. The number of carbonyl (C=O) groups excluding carboxylic acids is 3. The fraction of sp³-hybridized carbons (Fsp3) is 0.769. The summed E-state index contributed by atoms with van der Waals surface area (Å²) in [6, 6.07) is 3.65. The molecule has 2 aliphatic rings. The number of aliphatic hydroxyl groups excluding tert-OH is 1. The SMILES string of the molecule is CCC(C(=O)C(C)C(O)C(C)CCc1ccc(C)c(O)c1C(=O)CCCNC(C)=O)C1OC(CC)(C2CCC(O)(CC)C(C)O2)CC1C. The molecule has 0 aliphatic carbocycles. The van der Waals surface area contributed by atoms with E-state index in [9.17, 15) is 29.7 Å². The minimum Gasteiger partial charge on any atom is -0.507 e. The lowest BCUT2D eigenvalue weighted by molar-refractivity contribution is -0.229. The highest BCUT2D eigenvalue weighted by Gasteiger charge is 2.55. The van der Waals surface area contributed by atoms with Crippen molar-refractivity contribution in [2.45, 2.75) is 162 Å². The van der Waals surface area contributed by atoms with Crippen molar-refractivity contribution in [3.8, 4) is 5.75 Å². The Bertz CT molecular complexity index is 1270. The molecule has 1 aromatic rings. The molecule has 0 spiro atoms. The number of rotatable bonds is 17. The van der Waals surface area contributed by atoms with Crippen LogP contribution in [-0.2, 0) is 25.5 Å². The number of ether oxygens (including phenoxy) is 2. The summed E-state index contributed by atoms with van der Waals surface area (Å²) < 4.78 is 13.3. The number of aliphatic hydroxyl groups is 2. The normalized spacial score (nSPS) is 30.0. The zero-order valence-electron chi connectivity index (χ0n) is 30.9. The van der Waals surface area contributed by atoms with Gasteiger partial charge in [0, 0.05) is 31.7 Å². The van der Waals surface area contributed by atoms with Gasteiger partial charge in [-0.2, -0.15) is 0 Å². The molecule has 1 aromatic carbocycles. The van der Waals surface area contributed by atoms with Crippen molar-refractivity contribution < 1.29 is 39.2 Å². The molecule has 0 radical (unpaired) electrons. The van der Waals surface area contributed by atoms with Crippen molar-refractivity contribution in [1.82, 2.24) is 5.32 Å². The lowest BCUT2D eigenvalue weighted by atomic mass is 9.76. The molecule has 9 nitrogen and oxygen atoms in total. The number of aromatic hydroxyl groups is 1. The predicted molar refractivity (Wildman–Crippen MR) is 187 cm³/mol. The van der Waals surface area contributed by atoms with E-state index in [2.05, 4.69) is 19.2 Å². The lowest BCUT2D eigenvalue weighted by Crippen LogP contribution is -2.55. The van der Waals surface area contributed by atoms with E-state index in [1.165, 1.54) is 6.92 Å². The second-order valence-corrected chi connectivity index (χ2v) is 14.9. The average molecular weight is 674 g/mol. The highest BCUT2D eigenvalue weighted by molar-refractivity contribution is 6.00. The van der Waals surface area contributed by atoms with Crippen LogP contribution in [0.1, 0.15) is 135 Å². The molecule has 10 unspecified atom stereocenters. The van der Waals surface area contributed by atoms with E-state index in [1.54, 1.807) is 19.9 Å². The Hall–Kier alpha value is -2.33. The lowest BCUT2D eigenvalue weighted by Gasteiger charge is -2.47. The van der Waals surface area contributed by atoms with Gasteiger partial charge in [-0.05, 0) is 94.6 Å². The molecule has 9 heteroatoms. The summed E-state index contributed by atoms with van der Waals surface area (Å²) in [7, 11) is 0. The van der Waals surface area contributed by atoms with Crippen LogP contribution in [0.4, 0.5) is 0 Å². The standard InChI is InChI=1S/C39H63NO8/c1-10-30(37-25(6)22-39(12-3,48-37)32-19-20-38(46,11-2)27(8)47-32)36(45)26(7)34(43)23(4)15-17-29-18-16-24(5)35(44)33(29)31(42)14-13-21-40-28(9)41/h16,18,23,25-27,30,32,34,37,43-44,46H,10-15,17,19-22H2,1-9H3,(H,40,41). The number of nitrogens with one attached hydrogen (secondary N) is 1. The summed E-state index contributed by atoms with van der Waals surface area (Å²) >= 11 is 0. The third-order valence-corrected chi connectivity index (χ3v) is 11.7. The van der Waals surface area contributed by atoms with Gasteiger partial charge >= 0.3 is 0 Å². The number of carbonyl (C=O) groups is 3. The molecule has 3 rings (SSSR count). The molecular formula is C39H63NO8. The van der Waals surface area contributed by atoms with Crippen LogP contribution in [0.3, 0.4) is 0 Å². The molecule has 2 aliphatic heterocycles. The van der Waals surface area contributed by atoms with Gasteiger partial charge in [-0.15, -0.1) is 0 Å². The van der Waals surface area contributed by atoms with E-state index in [4.69, 9.17) is 9.47 Å². The molecular weight excluding hydrogens is 610 g/mol. The summed E-state index contributed by atoms with van der Waals surface area (Å²) in [6.45, 7) is 17.5. The van der Waals surface area contributed by atoms with Gasteiger partial charge < -0.3 is 30.1 Å². The van der Waals surface area contributed by atoms with Gasteiger partial charge in [0.2, 0.25) is 5.91 Å². The third kappa shape index (κ3) is 8.87. The summed E-state index contributed by atoms with van der Waals surface area (Å²) in [5.74, 6) is -1.43. The average Bonchev–Trinajstić information content (AvgIpc) is 3.40. The van der Waals surface area contributed by atoms with Crippen LogP contribution >= 0.6 is 0 Å². The molecule has 2 fully saturated rings. The summed E-state index contributed by atoms with van der Waals surface area (Å²) in [4.78, 5) is 38.4. The fourth-order valence-electron chi connectivity index (χ4n) is 8.16. The largest absolute Gasteiger partial charge is 0.507 e. The Kier molecular flexibility index (Phi) is 14.3. The van der Waals surface area contributed by atoms with Gasteiger partial charge in [-0.1, -0.05) is 53.7 Å². The number of aryl methyl sites for hydroxylation is 2. The second-order valence-electron chi connectivity index (χ2n) is 14.9. The van der Waals surface area contributed by atoms with Crippen molar-refractivity contribution in [3.05, 3.63) is 28.8 Å². The van der Waals surface area contributed by atoms with Gasteiger partial charge in [-0.3, -0.25) is 14.4 Å². The molecule has 0 aromatic heterocycles. The molecule has 48 heavy (non-hydrogen) atoms. The number of benzene rings is 1. The molecule has 10 atom stereocenters. The molecule has 4 N–H and O–H groups in total. The van der Waals surface area contributed by atoms with E-state index in [1.807, 2.05) is 33.8 Å². The molecule has 2 heterocycles. The monoisotopic (exact) mass is 673 g/mol. The number of hydrogen-bond acceptors (Lipinski definition) is 8. The zero-order valence-corrected chi connectivity index (χ0v) is 30.9. The van der Waals surface area contributed by atoms with Crippen LogP contribution in [0.15, 0.2) is 12.1 Å². The number of phenolic OH excluding ortho intramolecular Hbond substituents is 1. The van der Waals surface area contributed by atoms with Gasteiger partial charge in [0.05, 0.1) is 41.2 Å². The molecule has 272 valence electrons. The first-order chi connectivity index (χ1) is 22.5. The summed E-state index contributed by atoms with van der Waals surface area (Å²) in [5.41, 5.74) is 0.286. The van der Waals surface area contributed by atoms with Gasteiger partial charge in [-0.25, -0.2) is 0 Å². The Morgan fingerprint density at radius 3 is 2.38 bits per heavy atom. The van der Waals surface area contributed by atoms with Crippen molar-refractivity contribution >= 4 is 17.5 Å². The first-order valence-corrected chi connectivity index (χ1v) is 18.4. The second kappa shape index (κ2) is 17.1. The Balaban J connectivity index is 1.67. The van der Waals surface area contributed by atoms with E-state index in [-0.39, 0.29) is 65.7 Å². The number of phenols is 1. The Morgan fingerprint density at radius 1 is 1.10 bits per heavy atom. The highest BCUT2D eigenvalue weighted by Crippen LogP contribution is 2.48. The smallest absolute Gasteiger partial charge is 0.216 e. The van der Waals surface area contributed by atoms with E-state index in [0.29, 0.717) is 68.2 Å². The van der Waals surface area contributed by atoms with Crippen molar-refractivity contribution in [2.75, 3.05) is 6.54 Å². The Labute approximate surface area is 288 Å². The molecule has 1 amide bonds. The van der Waals surface area contributed by atoms with Gasteiger partial charge in [0.1, 0.15) is 11.5 Å². The number of ketones is 2. The van der Waals surface area contributed by atoms with Crippen LogP contribution in [0.25, 0.3) is 0 Å². The third-order valence-electron chi connectivity index (χ3n) is 11.7. The molecule has 0 bridgehead atoms. The van der Waals surface area contributed by atoms with E-state index >= 15 is 0 Å². The van der Waals surface area contributed by atoms with Crippen LogP contribution < -0.4 is 5.32 Å². The van der Waals surface area contributed by atoms with E-state index in [0.717, 1.165) is 12.8 Å². The van der Waals surface area contributed by atoms with Crippen molar-refractivity contribution in [1.29, 1.82) is 0 Å². The van der Waals surface area contributed by atoms with Crippen LogP contribution in [-0.4, -0.2) is 75.0 Å². The molecule has 2 saturated heterocycles. The maximum absolute atomic E-state index is 14.1. The van der Waals surface area contributed by atoms with Crippen LogP contribution in [0.2, 0.25) is 0 Å². The minimum absolute atomic E-state index is 0.00177. The predicted octanol–water partition coefficient (Wildman–Crippen LogP) is 6.24. The molecule has 0 saturated carbocycles. The first kappa shape index (κ1) is 40.1. The topological polar surface area (TPSA) is 142 Å². The van der Waals surface area contributed by atoms with Gasteiger partial charge in [0.25, 0.3) is 0 Å². The van der Waals surface area contributed by atoms with Crippen LogP contribution in [0, 0.1) is 30.6 Å². The maximum Gasteiger partial charge on any atom is 0.216 e. The quantitative estimate of drug-likeness (QED) is 0.112. The number of hydrogen-bond donors (Lipinski definition) is 4. The van der Waals surface area contributed by atoms with E-state index < -0.39 is 23.2 Å². The summed E-state index contributed by atoms with van der Waals surface area (Å²) in [6.07, 6.45) is 4.19. The first-order valence-electron chi connectivity index (χ1n) is 18.4. The number of amides is 1. The maximum atomic E-state index is 14.1. The minimum atomic E-state index is -0.885. The van der Waals surface area contributed by atoms with Crippen LogP contribution in [0.5, 0.6) is 5.75 Å². The van der Waals surface area contributed by atoms with Crippen molar-refractivity contribution in [3.63, 3.8) is 0 Å². The Morgan fingerprint density at radius 2 is 1.79 bits per heavy atom. The zero-order chi connectivity index (χ0) is 36.0. The van der Waals surface area contributed by atoms with Crippen molar-refractivity contribution in [2.24, 2.45) is 23.7 Å². The summed E-state index contributed by atoms with van der Waals surface area (Å²) in [5, 5.41) is 35.9. The number of Topliss-reactive ketones (excluding diaryl/α,β-unsaturated/α-hetero) is 2. The fourth-order valence-corrected chi connectivity index (χ4v) is 8.16. The van der Waals surface area contributed by atoms with Gasteiger partial charge in [0.15, 0.2) is 5.78 Å².